The molecule has 2 heterocycles. The first-order valence-corrected chi connectivity index (χ1v) is 8.21. The van der Waals surface area contributed by atoms with Crippen molar-refractivity contribution in [3.8, 4) is 10.4 Å². The van der Waals surface area contributed by atoms with Gasteiger partial charge in [0.25, 0.3) is 5.91 Å². The van der Waals surface area contributed by atoms with E-state index in [1.165, 1.54) is 0 Å². The van der Waals surface area contributed by atoms with Gasteiger partial charge in [0.2, 0.25) is 0 Å². The van der Waals surface area contributed by atoms with Crippen LogP contribution in [0.25, 0.3) is 10.4 Å². The van der Waals surface area contributed by atoms with Crippen molar-refractivity contribution >= 4 is 28.8 Å². The minimum absolute atomic E-state index is 0.137. The molecule has 21 heavy (non-hydrogen) atoms. The van der Waals surface area contributed by atoms with Crippen LogP contribution in [0, 0.1) is 6.92 Å². The zero-order valence-electron chi connectivity index (χ0n) is 11.9. The summed E-state index contributed by atoms with van der Waals surface area (Å²) in [5, 5.41) is 3.98. The molecule has 0 radical (unpaired) electrons. The maximum atomic E-state index is 12.5. The van der Waals surface area contributed by atoms with Gasteiger partial charge in [-0.1, -0.05) is 23.7 Å². The Hall–Kier alpha value is -1.36. The van der Waals surface area contributed by atoms with Crippen LogP contribution in [0.2, 0.25) is 5.02 Å². The first-order valence-electron chi connectivity index (χ1n) is 7.01. The number of carbonyl (C=O) groups excluding carboxylic acids is 1. The van der Waals surface area contributed by atoms with E-state index in [-0.39, 0.29) is 5.91 Å². The van der Waals surface area contributed by atoms with E-state index in [0.29, 0.717) is 0 Å². The van der Waals surface area contributed by atoms with Gasteiger partial charge in [-0.2, -0.15) is 0 Å². The Morgan fingerprint density at radius 3 is 2.76 bits per heavy atom. The fourth-order valence-corrected chi connectivity index (χ4v) is 3.85. The van der Waals surface area contributed by atoms with Gasteiger partial charge in [0.1, 0.15) is 0 Å². The fraction of sp³-hybridized carbons (Fsp3) is 0.312. The van der Waals surface area contributed by atoms with E-state index in [1.807, 2.05) is 42.2 Å². The van der Waals surface area contributed by atoms with Gasteiger partial charge in [-0.15, -0.1) is 11.3 Å². The van der Waals surface area contributed by atoms with Gasteiger partial charge in [0.15, 0.2) is 0 Å². The van der Waals surface area contributed by atoms with Crippen molar-refractivity contribution in [1.82, 2.24) is 10.2 Å². The van der Waals surface area contributed by atoms with E-state index < -0.39 is 0 Å². The average Bonchev–Trinajstić information content (AvgIpc) is 2.89. The smallest absolute Gasteiger partial charge is 0.264 e. The fourth-order valence-electron chi connectivity index (χ4n) is 2.53. The third-order valence-electron chi connectivity index (χ3n) is 3.62. The summed E-state index contributed by atoms with van der Waals surface area (Å²) in [4.78, 5) is 16.4. The molecule has 1 fully saturated rings. The Morgan fingerprint density at radius 2 is 2.05 bits per heavy atom. The molecule has 1 aromatic heterocycles. The third-order valence-corrected chi connectivity index (χ3v) is 5.13. The number of nitrogens with one attached hydrogen (secondary N) is 1. The molecule has 0 atom stereocenters. The van der Waals surface area contributed by atoms with E-state index in [4.69, 9.17) is 11.6 Å². The normalized spacial score (nSPS) is 15.2. The summed E-state index contributed by atoms with van der Waals surface area (Å²) >= 11 is 7.61. The number of amides is 1. The lowest BCUT2D eigenvalue weighted by Crippen LogP contribution is -2.46. The van der Waals surface area contributed by atoms with Crippen LogP contribution in [-0.2, 0) is 0 Å². The zero-order chi connectivity index (χ0) is 14.8. The molecule has 5 heteroatoms. The van der Waals surface area contributed by atoms with Gasteiger partial charge < -0.3 is 10.2 Å². The summed E-state index contributed by atoms with van der Waals surface area (Å²) in [6.07, 6.45) is 0. The molecule has 1 saturated heterocycles. The SMILES string of the molecule is Cc1cc(C(=O)N2CCNCC2)sc1-c1cccc(Cl)c1. The van der Waals surface area contributed by atoms with E-state index in [2.05, 4.69) is 5.32 Å². The monoisotopic (exact) mass is 320 g/mol. The molecule has 0 saturated carbocycles. The standard InChI is InChI=1S/C16H17ClN2OS/c1-11-9-14(16(20)19-7-5-18-6-8-19)21-15(11)12-3-2-4-13(17)10-12/h2-4,9-10,18H,5-8H2,1H3. The number of benzene rings is 1. The van der Waals surface area contributed by atoms with Crippen LogP contribution in [0.3, 0.4) is 0 Å². The van der Waals surface area contributed by atoms with Gasteiger partial charge in [0, 0.05) is 36.1 Å². The first kappa shape index (κ1) is 14.6. The molecule has 0 unspecified atom stereocenters. The molecule has 2 aromatic rings. The second-order valence-corrected chi connectivity index (χ2v) is 6.66. The summed E-state index contributed by atoms with van der Waals surface area (Å²) in [5.74, 6) is 0.137. The lowest BCUT2D eigenvalue weighted by molar-refractivity contribution is 0.0740. The zero-order valence-corrected chi connectivity index (χ0v) is 13.4. The van der Waals surface area contributed by atoms with Crippen molar-refractivity contribution in [3.63, 3.8) is 0 Å². The number of aryl methyl sites for hydroxylation is 1. The predicted octanol–water partition coefficient (Wildman–Crippen LogP) is 3.42. The molecule has 1 amide bonds. The number of piperazine rings is 1. The number of thiophene rings is 1. The van der Waals surface area contributed by atoms with E-state index in [9.17, 15) is 4.79 Å². The number of carbonyl (C=O) groups is 1. The van der Waals surface area contributed by atoms with Gasteiger partial charge in [-0.25, -0.2) is 0 Å². The largest absolute Gasteiger partial charge is 0.335 e. The maximum absolute atomic E-state index is 12.5. The Bertz CT molecular complexity index is 662. The number of hydrogen-bond acceptors (Lipinski definition) is 3. The van der Waals surface area contributed by atoms with Crippen LogP contribution in [-0.4, -0.2) is 37.0 Å². The van der Waals surface area contributed by atoms with Gasteiger partial charge in [-0.3, -0.25) is 4.79 Å². The quantitative estimate of drug-likeness (QED) is 0.919. The van der Waals surface area contributed by atoms with Gasteiger partial charge >= 0.3 is 0 Å². The van der Waals surface area contributed by atoms with Crippen molar-refractivity contribution in [2.45, 2.75) is 6.92 Å². The molecule has 3 rings (SSSR count). The molecule has 110 valence electrons. The highest BCUT2D eigenvalue weighted by molar-refractivity contribution is 7.17. The van der Waals surface area contributed by atoms with E-state index in [1.54, 1.807) is 11.3 Å². The molecule has 1 aromatic carbocycles. The Labute approximate surface area is 133 Å². The van der Waals surface area contributed by atoms with Crippen LogP contribution in [0.4, 0.5) is 0 Å². The highest BCUT2D eigenvalue weighted by Gasteiger charge is 2.21. The summed E-state index contributed by atoms with van der Waals surface area (Å²) in [5.41, 5.74) is 2.20. The van der Waals surface area contributed by atoms with Crippen molar-refractivity contribution in [2.24, 2.45) is 0 Å². The molecule has 1 aliphatic heterocycles. The van der Waals surface area contributed by atoms with Crippen molar-refractivity contribution in [2.75, 3.05) is 26.2 Å². The summed E-state index contributed by atoms with van der Waals surface area (Å²) in [7, 11) is 0. The van der Waals surface area contributed by atoms with Gasteiger partial charge in [0.05, 0.1) is 4.88 Å². The molecular weight excluding hydrogens is 304 g/mol. The van der Waals surface area contributed by atoms with Crippen LogP contribution in [0.5, 0.6) is 0 Å². The van der Waals surface area contributed by atoms with Crippen LogP contribution >= 0.6 is 22.9 Å². The van der Waals surface area contributed by atoms with Crippen LogP contribution < -0.4 is 5.32 Å². The highest BCUT2D eigenvalue weighted by Crippen LogP contribution is 2.34. The molecule has 1 N–H and O–H groups in total. The average molecular weight is 321 g/mol. The Kier molecular flexibility index (Phi) is 4.29. The van der Waals surface area contributed by atoms with Crippen molar-refractivity contribution in [3.05, 3.63) is 45.8 Å². The molecule has 0 aliphatic carbocycles. The summed E-state index contributed by atoms with van der Waals surface area (Å²) < 4.78 is 0. The Balaban J connectivity index is 1.88. The van der Waals surface area contributed by atoms with Crippen LogP contribution in [0.15, 0.2) is 30.3 Å². The minimum atomic E-state index is 0.137. The molecule has 3 nitrogen and oxygen atoms in total. The van der Waals surface area contributed by atoms with E-state index >= 15 is 0 Å². The topological polar surface area (TPSA) is 32.3 Å². The first-order chi connectivity index (χ1) is 10.1. The highest BCUT2D eigenvalue weighted by atomic mass is 35.5. The lowest BCUT2D eigenvalue weighted by atomic mass is 10.1. The van der Waals surface area contributed by atoms with Crippen molar-refractivity contribution in [1.29, 1.82) is 0 Å². The van der Waals surface area contributed by atoms with Crippen molar-refractivity contribution < 1.29 is 4.79 Å². The molecular formula is C16H17ClN2OS. The maximum Gasteiger partial charge on any atom is 0.264 e. The van der Waals surface area contributed by atoms with E-state index in [0.717, 1.165) is 52.1 Å². The third kappa shape index (κ3) is 3.12. The second kappa shape index (κ2) is 6.18. The lowest BCUT2D eigenvalue weighted by Gasteiger charge is -2.26. The number of hydrogen-bond donors (Lipinski definition) is 1. The molecule has 0 spiro atoms. The summed E-state index contributed by atoms with van der Waals surface area (Å²) in [6, 6.07) is 9.77. The Morgan fingerprint density at radius 1 is 1.29 bits per heavy atom. The minimum Gasteiger partial charge on any atom is -0.335 e. The predicted molar refractivity (Wildman–Crippen MR) is 88.3 cm³/mol. The van der Waals surface area contributed by atoms with Gasteiger partial charge in [-0.05, 0) is 36.2 Å². The second-order valence-electron chi connectivity index (χ2n) is 5.18. The number of halogens is 1. The molecule has 0 bridgehead atoms. The number of nitrogens with zero attached hydrogens (tertiary/aromatic N) is 1. The molecule has 1 aliphatic rings. The number of rotatable bonds is 2. The summed E-state index contributed by atoms with van der Waals surface area (Å²) in [6.45, 7) is 5.35. The van der Waals surface area contributed by atoms with Crippen LogP contribution in [0.1, 0.15) is 15.2 Å².